The van der Waals surface area contributed by atoms with E-state index in [-0.39, 0.29) is 0 Å². The number of rotatable bonds is 9. The molecular weight excluding hydrogens is 218 g/mol. The molecule has 0 saturated heterocycles. The Morgan fingerprint density at radius 3 is 2.41 bits per heavy atom. The van der Waals surface area contributed by atoms with Gasteiger partial charge in [-0.05, 0) is 24.1 Å². The molecule has 0 amide bonds. The van der Waals surface area contributed by atoms with Gasteiger partial charge in [-0.15, -0.1) is 0 Å². The monoisotopic (exact) mass is 239 g/mol. The number of ether oxygens (including phenoxy) is 3. The van der Waals surface area contributed by atoms with Crippen molar-refractivity contribution in [1.82, 2.24) is 0 Å². The van der Waals surface area contributed by atoms with Crippen molar-refractivity contribution in [2.24, 2.45) is 5.73 Å². The van der Waals surface area contributed by atoms with Gasteiger partial charge >= 0.3 is 0 Å². The molecule has 0 spiro atoms. The third-order valence-electron chi connectivity index (χ3n) is 2.29. The van der Waals surface area contributed by atoms with Crippen molar-refractivity contribution < 1.29 is 14.2 Å². The van der Waals surface area contributed by atoms with Gasteiger partial charge in [-0.25, -0.2) is 0 Å². The Balaban J connectivity index is 2.05. The van der Waals surface area contributed by atoms with E-state index in [0.29, 0.717) is 26.4 Å². The summed E-state index contributed by atoms with van der Waals surface area (Å²) >= 11 is 0. The quantitative estimate of drug-likeness (QED) is 0.665. The minimum atomic E-state index is 0.558. The first-order valence-electron chi connectivity index (χ1n) is 5.85. The summed E-state index contributed by atoms with van der Waals surface area (Å²) in [6.07, 6.45) is 0.918. The van der Waals surface area contributed by atoms with Crippen LogP contribution in [0.2, 0.25) is 0 Å². The van der Waals surface area contributed by atoms with Crippen LogP contribution < -0.4 is 10.5 Å². The molecule has 0 heterocycles. The van der Waals surface area contributed by atoms with E-state index >= 15 is 0 Å². The van der Waals surface area contributed by atoms with Crippen molar-refractivity contribution in [3.63, 3.8) is 0 Å². The summed E-state index contributed by atoms with van der Waals surface area (Å²) in [5, 5.41) is 0. The molecule has 0 saturated carbocycles. The predicted octanol–water partition coefficient (Wildman–Crippen LogP) is 1.58. The van der Waals surface area contributed by atoms with Crippen molar-refractivity contribution in [2.75, 3.05) is 33.5 Å². The predicted molar refractivity (Wildman–Crippen MR) is 67.1 cm³/mol. The zero-order valence-corrected chi connectivity index (χ0v) is 10.4. The molecule has 0 aliphatic rings. The third-order valence-corrected chi connectivity index (χ3v) is 2.29. The van der Waals surface area contributed by atoms with Gasteiger partial charge in [-0.3, -0.25) is 0 Å². The maximum Gasteiger partial charge on any atom is 0.119 e. The Hall–Kier alpha value is -1.10. The Morgan fingerprint density at radius 1 is 1.00 bits per heavy atom. The molecule has 17 heavy (non-hydrogen) atoms. The number of hydrogen-bond donors (Lipinski definition) is 1. The van der Waals surface area contributed by atoms with E-state index in [2.05, 4.69) is 0 Å². The van der Waals surface area contributed by atoms with Crippen molar-refractivity contribution in [3.8, 4) is 5.75 Å². The summed E-state index contributed by atoms with van der Waals surface area (Å²) in [5.41, 5.74) is 6.61. The Kier molecular flexibility index (Phi) is 7.38. The summed E-state index contributed by atoms with van der Waals surface area (Å²) in [6.45, 7) is 3.17. The molecule has 4 heteroatoms. The Bertz CT molecular complexity index is 287. The zero-order chi connectivity index (χ0) is 12.3. The average Bonchev–Trinajstić information content (AvgIpc) is 2.38. The molecule has 1 aromatic rings. The van der Waals surface area contributed by atoms with Crippen LogP contribution >= 0.6 is 0 Å². The van der Waals surface area contributed by atoms with Crippen molar-refractivity contribution in [2.45, 2.75) is 13.0 Å². The van der Waals surface area contributed by atoms with Crippen LogP contribution in [0.5, 0.6) is 5.75 Å². The molecule has 1 rings (SSSR count). The Labute approximate surface area is 103 Å². The summed E-state index contributed by atoms with van der Waals surface area (Å²) < 4.78 is 15.8. The second-order valence-electron chi connectivity index (χ2n) is 3.66. The first kappa shape index (κ1) is 14.0. The maximum absolute atomic E-state index is 5.51. The van der Waals surface area contributed by atoms with Gasteiger partial charge < -0.3 is 19.9 Å². The van der Waals surface area contributed by atoms with Crippen molar-refractivity contribution in [3.05, 3.63) is 29.8 Å². The van der Waals surface area contributed by atoms with Gasteiger partial charge in [0, 0.05) is 26.9 Å². The van der Waals surface area contributed by atoms with Crippen LogP contribution in [0.4, 0.5) is 0 Å². The summed E-state index contributed by atoms with van der Waals surface area (Å²) in [5.74, 6) is 0.850. The summed E-state index contributed by atoms with van der Waals surface area (Å²) in [4.78, 5) is 0. The van der Waals surface area contributed by atoms with Gasteiger partial charge in [0.05, 0.1) is 6.61 Å². The second kappa shape index (κ2) is 8.98. The van der Waals surface area contributed by atoms with E-state index < -0.39 is 0 Å². The van der Waals surface area contributed by atoms with Crippen LogP contribution in [0.1, 0.15) is 12.0 Å². The zero-order valence-electron chi connectivity index (χ0n) is 10.4. The van der Waals surface area contributed by atoms with Crippen molar-refractivity contribution in [1.29, 1.82) is 0 Å². The van der Waals surface area contributed by atoms with Crippen LogP contribution in [0, 0.1) is 0 Å². The summed E-state index contributed by atoms with van der Waals surface area (Å²) in [7, 11) is 1.69. The highest BCUT2D eigenvalue weighted by Crippen LogP contribution is 2.11. The fourth-order valence-corrected chi connectivity index (χ4v) is 1.35. The van der Waals surface area contributed by atoms with Gasteiger partial charge in [0.15, 0.2) is 0 Å². The molecule has 0 radical (unpaired) electrons. The van der Waals surface area contributed by atoms with Gasteiger partial charge in [-0.2, -0.15) is 0 Å². The Morgan fingerprint density at radius 2 is 1.76 bits per heavy atom. The smallest absolute Gasteiger partial charge is 0.119 e. The van der Waals surface area contributed by atoms with E-state index in [4.69, 9.17) is 19.9 Å². The van der Waals surface area contributed by atoms with Crippen LogP contribution in [0.25, 0.3) is 0 Å². The molecule has 1 aromatic carbocycles. The van der Waals surface area contributed by atoms with E-state index in [1.54, 1.807) is 7.11 Å². The van der Waals surface area contributed by atoms with Crippen LogP contribution in [-0.2, 0) is 16.0 Å². The lowest BCUT2D eigenvalue weighted by atomic mass is 10.2. The lowest BCUT2D eigenvalue weighted by molar-refractivity contribution is 0.0806. The first-order chi connectivity index (χ1) is 8.36. The van der Waals surface area contributed by atoms with E-state index in [1.165, 1.54) is 0 Å². The molecule has 0 aliphatic heterocycles. The van der Waals surface area contributed by atoms with E-state index in [0.717, 1.165) is 24.3 Å². The minimum Gasteiger partial charge on any atom is -0.491 e. The number of methoxy groups -OCH3 is 1. The lowest BCUT2D eigenvalue weighted by Crippen LogP contribution is -2.08. The van der Waals surface area contributed by atoms with Crippen LogP contribution in [0.15, 0.2) is 24.3 Å². The van der Waals surface area contributed by atoms with Gasteiger partial charge in [-0.1, -0.05) is 12.1 Å². The SMILES string of the molecule is COCCCOCCOc1ccc(CN)cc1. The molecule has 0 aliphatic carbocycles. The highest BCUT2D eigenvalue weighted by atomic mass is 16.5. The molecule has 0 fully saturated rings. The molecule has 4 nitrogen and oxygen atoms in total. The van der Waals surface area contributed by atoms with Gasteiger partial charge in [0.1, 0.15) is 12.4 Å². The van der Waals surface area contributed by atoms with Crippen molar-refractivity contribution >= 4 is 0 Å². The highest BCUT2D eigenvalue weighted by molar-refractivity contribution is 5.26. The minimum absolute atomic E-state index is 0.558. The van der Waals surface area contributed by atoms with Crippen LogP contribution in [-0.4, -0.2) is 33.5 Å². The molecule has 0 aromatic heterocycles. The molecular formula is C13H21NO3. The average molecular weight is 239 g/mol. The molecule has 96 valence electrons. The molecule has 0 atom stereocenters. The third kappa shape index (κ3) is 6.26. The topological polar surface area (TPSA) is 53.7 Å². The van der Waals surface area contributed by atoms with E-state index in [9.17, 15) is 0 Å². The van der Waals surface area contributed by atoms with Gasteiger partial charge in [0.2, 0.25) is 0 Å². The number of benzene rings is 1. The number of nitrogens with two attached hydrogens (primary N) is 1. The molecule has 0 unspecified atom stereocenters. The standard InChI is InChI=1S/C13H21NO3/c1-15-7-2-8-16-9-10-17-13-5-3-12(11-14)4-6-13/h3-6H,2,7-11,14H2,1H3. The summed E-state index contributed by atoms with van der Waals surface area (Å²) in [6, 6.07) is 7.78. The number of hydrogen-bond acceptors (Lipinski definition) is 4. The first-order valence-corrected chi connectivity index (χ1v) is 5.85. The second-order valence-corrected chi connectivity index (χ2v) is 3.66. The normalized spacial score (nSPS) is 10.5. The van der Waals surface area contributed by atoms with Crippen LogP contribution in [0.3, 0.4) is 0 Å². The fraction of sp³-hybridized carbons (Fsp3) is 0.538. The largest absolute Gasteiger partial charge is 0.491 e. The molecule has 2 N–H and O–H groups in total. The lowest BCUT2D eigenvalue weighted by Gasteiger charge is -2.07. The fourth-order valence-electron chi connectivity index (χ4n) is 1.35. The van der Waals surface area contributed by atoms with Gasteiger partial charge in [0.25, 0.3) is 0 Å². The maximum atomic E-state index is 5.51. The highest BCUT2D eigenvalue weighted by Gasteiger charge is 1.94. The molecule has 0 bridgehead atoms. The van der Waals surface area contributed by atoms with E-state index in [1.807, 2.05) is 24.3 Å².